The van der Waals surface area contributed by atoms with E-state index in [-0.39, 0.29) is 17.0 Å². The third kappa shape index (κ3) is 4.39. The van der Waals surface area contributed by atoms with E-state index in [1.54, 1.807) is 30.3 Å². The highest BCUT2D eigenvalue weighted by molar-refractivity contribution is 9.10. The number of hydrazone groups is 1. The quantitative estimate of drug-likeness (QED) is 0.359. The zero-order chi connectivity index (χ0) is 19.4. The molecule has 0 aliphatic heterocycles. The second kappa shape index (κ2) is 7.83. The maximum Gasteiger partial charge on any atom is 0.275 e. The van der Waals surface area contributed by atoms with E-state index in [1.807, 2.05) is 0 Å². The number of furan rings is 1. The van der Waals surface area contributed by atoms with E-state index in [0.29, 0.717) is 21.6 Å². The first-order valence-corrected chi connectivity index (χ1v) is 8.40. The number of benzene rings is 2. The van der Waals surface area contributed by atoms with Crippen molar-refractivity contribution >= 4 is 33.7 Å². The van der Waals surface area contributed by atoms with Crippen molar-refractivity contribution in [2.75, 3.05) is 0 Å². The number of hydrogen-bond donors (Lipinski definition) is 2. The number of nitrogens with one attached hydrogen (secondary N) is 1. The number of nitro benzene ring substituents is 1. The summed E-state index contributed by atoms with van der Waals surface area (Å²) in [5.41, 5.74) is 2.86. The van der Waals surface area contributed by atoms with Gasteiger partial charge in [-0.3, -0.25) is 14.9 Å². The molecule has 0 saturated carbocycles. The molecule has 3 aromatic rings. The van der Waals surface area contributed by atoms with Gasteiger partial charge >= 0.3 is 0 Å². The van der Waals surface area contributed by atoms with Gasteiger partial charge in [0.25, 0.3) is 11.6 Å². The normalized spacial score (nSPS) is 10.9. The maximum absolute atomic E-state index is 12.0. The fraction of sp³-hybridized carbons (Fsp3) is 0. The molecule has 2 aromatic carbocycles. The number of amides is 1. The molecule has 1 aromatic heterocycles. The second-order valence-corrected chi connectivity index (χ2v) is 6.29. The lowest BCUT2D eigenvalue weighted by Crippen LogP contribution is -2.17. The summed E-state index contributed by atoms with van der Waals surface area (Å²) in [6, 6.07) is 13.8. The van der Waals surface area contributed by atoms with Crippen LogP contribution in [0.15, 0.2) is 68.6 Å². The number of phenolic OH excluding ortho intramolecular Hbond substituents is 1. The minimum absolute atomic E-state index is 0.0415. The molecule has 2 N–H and O–H groups in total. The molecule has 8 nitrogen and oxygen atoms in total. The van der Waals surface area contributed by atoms with Crippen LogP contribution in [-0.4, -0.2) is 22.2 Å². The zero-order valence-electron chi connectivity index (χ0n) is 13.6. The number of hydrogen-bond acceptors (Lipinski definition) is 6. The molecule has 0 aliphatic rings. The Balaban J connectivity index is 1.70. The van der Waals surface area contributed by atoms with Crippen LogP contribution in [0.2, 0.25) is 0 Å². The summed E-state index contributed by atoms with van der Waals surface area (Å²) in [6.45, 7) is 0. The number of nitrogens with zero attached hydrogens (tertiary/aromatic N) is 2. The fourth-order valence-electron chi connectivity index (χ4n) is 2.25. The van der Waals surface area contributed by atoms with Crippen molar-refractivity contribution in [3.05, 3.63) is 80.5 Å². The highest BCUT2D eigenvalue weighted by atomic mass is 79.9. The van der Waals surface area contributed by atoms with Crippen molar-refractivity contribution in [1.29, 1.82) is 0 Å². The monoisotopic (exact) mass is 429 g/mol. The maximum atomic E-state index is 12.0. The van der Waals surface area contributed by atoms with Gasteiger partial charge in [-0.2, -0.15) is 5.10 Å². The Morgan fingerprint density at radius 2 is 2.04 bits per heavy atom. The van der Waals surface area contributed by atoms with Crippen LogP contribution in [0.4, 0.5) is 5.69 Å². The predicted molar refractivity (Wildman–Crippen MR) is 102 cm³/mol. The smallest absolute Gasteiger partial charge is 0.275 e. The van der Waals surface area contributed by atoms with Crippen LogP contribution in [0.3, 0.4) is 0 Å². The molecule has 0 spiro atoms. The van der Waals surface area contributed by atoms with E-state index < -0.39 is 10.8 Å². The molecule has 0 radical (unpaired) electrons. The lowest BCUT2D eigenvalue weighted by Gasteiger charge is -2.03. The summed E-state index contributed by atoms with van der Waals surface area (Å²) in [6.07, 6.45) is 1.29. The van der Waals surface area contributed by atoms with Crippen molar-refractivity contribution < 1.29 is 19.2 Å². The minimum Gasteiger partial charge on any atom is -0.507 e. The molecule has 136 valence electrons. The third-order valence-electron chi connectivity index (χ3n) is 3.53. The van der Waals surface area contributed by atoms with Gasteiger partial charge in [0.15, 0.2) is 0 Å². The Kier molecular flexibility index (Phi) is 5.32. The zero-order valence-corrected chi connectivity index (χ0v) is 15.2. The van der Waals surface area contributed by atoms with Crippen molar-refractivity contribution in [1.82, 2.24) is 5.43 Å². The van der Waals surface area contributed by atoms with Crippen LogP contribution in [0, 0.1) is 10.1 Å². The highest BCUT2D eigenvalue weighted by Crippen LogP contribution is 2.25. The number of phenols is 1. The van der Waals surface area contributed by atoms with E-state index in [1.165, 1.54) is 30.5 Å². The molecular formula is C18H12BrN3O5. The van der Waals surface area contributed by atoms with Gasteiger partial charge in [0.2, 0.25) is 0 Å². The molecule has 1 amide bonds. The summed E-state index contributed by atoms with van der Waals surface area (Å²) >= 11 is 3.22. The molecule has 0 bridgehead atoms. The SMILES string of the molecule is O=C(NN=Cc1ccc(-c2cccc([N+](=O)[O-])c2)o1)c1cc(Br)ccc1O. The van der Waals surface area contributed by atoms with Gasteiger partial charge in [-0.1, -0.05) is 28.1 Å². The number of rotatable bonds is 5. The highest BCUT2D eigenvalue weighted by Gasteiger charge is 2.11. The van der Waals surface area contributed by atoms with E-state index >= 15 is 0 Å². The lowest BCUT2D eigenvalue weighted by molar-refractivity contribution is -0.384. The molecule has 0 aliphatic carbocycles. The Labute approximate surface area is 161 Å². The van der Waals surface area contributed by atoms with E-state index in [9.17, 15) is 20.0 Å². The number of nitro groups is 1. The van der Waals surface area contributed by atoms with Gasteiger partial charge in [0, 0.05) is 22.2 Å². The summed E-state index contributed by atoms with van der Waals surface area (Å²) < 4.78 is 6.20. The summed E-state index contributed by atoms with van der Waals surface area (Å²) in [7, 11) is 0. The Bertz CT molecular complexity index is 1040. The first-order chi connectivity index (χ1) is 12.9. The third-order valence-corrected chi connectivity index (χ3v) is 4.02. The van der Waals surface area contributed by atoms with Crippen molar-refractivity contribution in [2.45, 2.75) is 0 Å². The van der Waals surface area contributed by atoms with Gasteiger partial charge < -0.3 is 9.52 Å². The number of halogens is 1. The van der Waals surface area contributed by atoms with Crippen molar-refractivity contribution in [3.8, 4) is 17.1 Å². The molecule has 3 rings (SSSR count). The Morgan fingerprint density at radius 1 is 1.22 bits per heavy atom. The number of aromatic hydroxyl groups is 1. The Morgan fingerprint density at radius 3 is 2.81 bits per heavy atom. The minimum atomic E-state index is -0.587. The number of non-ortho nitro benzene ring substituents is 1. The second-order valence-electron chi connectivity index (χ2n) is 5.37. The van der Waals surface area contributed by atoms with Crippen molar-refractivity contribution in [2.24, 2.45) is 5.10 Å². The molecule has 27 heavy (non-hydrogen) atoms. The van der Waals surface area contributed by atoms with Crippen LogP contribution in [0.1, 0.15) is 16.1 Å². The van der Waals surface area contributed by atoms with E-state index in [0.717, 1.165) is 0 Å². The summed E-state index contributed by atoms with van der Waals surface area (Å²) in [5, 5.41) is 24.4. The molecule has 0 unspecified atom stereocenters. The van der Waals surface area contributed by atoms with Gasteiger partial charge in [0.05, 0.1) is 16.7 Å². The average Bonchev–Trinajstić information content (AvgIpc) is 3.12. The lowest BCUT2D eigenvalue weighted by atomic mass is 10.1. The molecule has 0 atom stereocenters. The summed E-state index contributed by atoms with van der Waals surface area (Å²) in [5.74, 6) is 0.0127. The summed E-state index contributed by atoms with van der Waals surface area (Å²) in [4.78, 5) is 22.4. The largest absolute Gasteiger partial charge is 0.507 e. The first-order valence-electron chi connectivity index (χ1n) is 7.60. The van der Waals surface area contributed by atoms with Crippen LogP contribution in [0.5, 0.6) is 5.75 Å². The average molecular weight is 430 g/mol. The van der Waals surface area contributed by atoms with Crippen molar-refractivity contribution in [3.63, 3.8) is 0 Å². The fourth-order valence-corrected chi connectivity index (χ4v) is 2.62. The standard InChI is InChI=1S/C18H12BrN3O5/c19-12-4-6-16(23)15(9-12)18(24)21-20-10-14-5-7-17(27-14)11-2-1-3-13(8-11)22(25)26/h1-10,23H,(H,21,24). The van der Waals surface area contributed by atoms with E-state index in [4.69, 9.17) is 4.42 Å². The van der Waals surface area contributed by atoms with Gasteiger partial charge in [-0.15, -0.1) is 0 Å². The molecule has 0 saturated heterocycles. The Hall–Kier alpha value is -3.46. The van der Waals surface area contributed by atoms with Gasteiger partial charge in [-0.25, -0.2) is 5.43 Å². The van der Waals surface area contributed by atoms with Crippen LogP contribution in [-0.2, 0) is 0 Å². The molecule has 9 heteroatoms. The van der Waals surface area contributed by atoms with Crippen LogP contribution >= 0.6 is 15.9 Å². The number of carbonyl (C=O) groups is 1. The molecule has 1 heterocycles. The molecular weight excluding hydrogens is 418 g/mol. The van der Waals surface area contributed by atoms with Crippen LogP contribution in [0.25, 0.3) is 11.3 Å². The molecule has 0 fully saturated rings. The van der Waals surface area contributed by atoms with Gasteiger partial charge in [0.1, 0.15) is 17.3 Å². The topological polar surface area (TPSA) is 118 Å². The van der Waals surface area contributed by atoms with E-state index in [2.05, 4.69) is 26.5 Å². The van der Waals surface area contributed by atoms with Crippen LogP contribution < -0.4 is 5.43 Å². The first kappa shape index (κ1) is 18.3. The van der Waals surface area contributed by atoms with Gasteiger partial charge in [-0.05, 0) is 30.3 Å². The number of carbonyl (C=O) groups excluding carboxylic acids is 1. The predicted octanol–water partition coefficient (Wildman–Crippen LogP) is 4.09.